The molecule has 0 aliphatic rings. The molecule has 1 rings (SSSR count). The van der Waals surface area contributed by atoms with E-state index in [1.165, 1.54) is 25.7 Å². The van der Waals surface area contributed by atoms with Gasteiger partial charge in [-0.15, -0.1) is 0 Å². The van der Waals surface area contributed by atoms with Gasteiger partial charge >= 0.3 is 5.97 Å². The van der Waals surface area contributed by atoms with Crippen LogP contribution < -0.4 is 0 Å². The van der Waals surface area contributed by atoms with E-state index in [0.29, 0.717) is 27.7 Å². The van der Waals surface area contributed by atoms with Crippen molar-refractivity contribution in [3.63, 3.8) is 0 Å². The van der Waals surface area contributed by atoms with Crippen LogP contribution in [0.2, 0.25) is 0 Å². The highest BCUT2D eigenvalue weighted by Crippen LogP contribution is 2.24. The fourth-order valence-electron chi connectivity index (χ4n) is 3.66. The first kappa shape index (κ1) is 27.6. The van der Waals surface area contributed by atoms with Gasteiger partial charge in [0.1, 0.15) is 5.92 Å². The van der Waals surface area contributed by atoms with Crippen molar-refractivity contribution in [2.24, 2.45) is 5.92 Å². The van der Waals surface area contributed by atoms with Gasteiger partial charge in [-0.25, -0.2) is 0 Å². The van der Waals surface area contributed by atoms with Crippen LogP contribution in [0.25, 0.3) is 0 Å². The van der Waals surface area contributed by atoms with Crippen LogP contribution in [0.4, 0.5) is 0 Å². The van der Waals surface area contributed by atoms with E-state index in [9.17, 15) is 9.59 Å². The third-order valence-corrected chi connectivity index (χ3v) is 5.11. The van der Waals surface area contributed by atoms with E-state index in [-0.39, 0.29) is 11.8 Å². The summed E-state index contributed by atoms with van der Waals surface area (Å²) in [5.41, 5.74) is 3.72. The lowest BCUT2D eigenvalue weighted by atomic mass is 9.87. The average Bonchev–Trinajstić information content (AvgIpc) is 2.68. The molecule has 0 saturated carbocycles. The summed E-state index contributed by atoms with van der Waals surface area (Å²) < 4.78 is 13.8. The van der Waals surface area contributed by atoms with Gasteiger partial charge in [-0.3, -0.25) is 9.59 Å². The molecule has 2 atom stereocenters. The van der Waals surface area contributed by atoms with E-state index in [4.69, 9.17) is 9.30 Å². The molecule has 0 spiro atoms. The Bertz CT molecular complexity index is 604. The largest absolute Gasteiger partial charge is 0.465 e. The number of hydrogen-bond donors (Lipinski definition) is 0. The quantitative estimate of drug-likeness (QED) is 0.120. The van der Waals surface area contributed by atoms with Crippen LogP contribution in [0.3, 0.4) is 0 Å². The number of benzene rings is 1. The molecule has 2 unspecified atom stereocenters. The zero-order valence-electron chi connectivity index (χ0n) is 19.1. The summed E-state index contributed by atoms with van der Waals surface area (Å²) in [4.78, 5) is 25.8. The van der Waals surface area contributed by atoms with Crippen LogP contribution in [0, 0.1) is 26.7 Å². The summed E-state index contributed by atoms with van der Waals surface area (Å²) in [7, 11) is 0.611. The van der Waals surface area contributed by atoms with Crippen molar-refractivity contribution in [2.75, 3.05) is 6.61 Å². The molecule has 0 aromatic heterocycles. The molecule has 166 valence electrons. The Labute approximate surface area is 179 Å². The van der Waals surface area contributed by atoms with E-state index < -0.39 is 5.92 Å². The number of ketones is 1. The molecule has 0 heterocycles. The molecular formula is C24H41O4P. The first-order valence-electron chi connectivity index (χ1n) is 11.0. The minimum atomic E-state index is -0.676. The summed E-state index contributed by atoms with van der Waals surface area (Å²) in [5, 5.41) is 0. The minimum absolute atomic E-state index is 0.0774. The highest BCUT2D eigenvalue weighted by atomic mass is 31.0. The summed E-state index contributed by atoms with van der Waals surface area (Å²) in [6.45, 7) is 10.6. The third kappa shape index (κ3) is 10.3. The summed E-state index contributed by atoms with van der Waals surface area (Å²) >= 11 is 0. The van der Waals surface area contributed by atoms with Crippen molar-refractivity contribution in [1.82, 2.24) is 0 Å². The molecule has 0 saturated heterocycles. The summed E-state index contributed by atoms with van der Waals surface area (Å²) in [5.74, 6) is -1.10. The Morgan fingerprint density at radius 1 is 0.862 bits per heavy atom. The van der Waals surface area contributed by atoms with Gasteiger partial charge in [0.2, 0.25) is 0 Å². The van der Waals surface area contributed by atoms with Crippen molar-refractivity contribution in [3.8, 4) is 0 Å². The molecule has 0 aliphatic carbocycles. The predicted octanol–water partition coefficient (Wildman–Crippen LogP) is 6.44. The Kier molecular flexibility index (Phi) is 15.6. The highest BCUT2D eigenvalue weighted by molar-refractivity contribution is 7.00. The van der Waals surface area contributed by atoms with Gasteiger partial charge in [-0.2, -0.15) is 0 Å². The maximum atomic E-state index is 13.2. The fraction of sp³-hybridized carbons (Fsp3) is 0.667. The van der Waals surface area contributed by atoms with Crippen LogP contribution in [0.1, 0.15) is 98.7 Å². The van der Waals surface area contributed by atoms with Gasteiger partial charge in [0.15, 0.2) is 5.78 Å². The number of Topliss-reactive ketones (excluding diaryl/α,β-unsaturated/α-hetero) is 1. The second-order valence-electron chi connectivity index (χ2n) is 7.77. The number of carbonyl (C=O) groups is 2. The van der Waals surface area contributed by atoms with Gasteiger partial charge in [0.05, 0.1) is 15.7 Å². The zero-order valence-corrected chi connectivity index (χ0v) is 20.6. The van der Waals surface area contributed by atoms with Gasteiger partial charge < -0.3 is 9.30 Å². The Morgan fingerprint density at radius 2 is 1.38 bits per heavy atom. The second kappa shape index (κ2) is 16.4. The first-order valence-corrected chi connectivity index (χ1v) is 11.6. The summed E-state index contributed by atoms with van der Waals surface area (Å²) in [6.07, 6.45) is 9.27. The molecule has 0 radical (unpaired) electrons. The molecular weight excluding hydrogens is 383 g/mol. The Balaban J connectivity index is 0.00000379. The molecule has 5 heteroatoms. The maximum absolute atomic E-state index is 13.2. The van der Waals surface area contributed by atoms with Gasteiger partial charge in [0.25, 0.3) is 0 Å². The smallest absolute Gasteiger partial charge is 0.316 e. The number of unbranched alkanes of at least 4 members (excludes halogenated alkanes) is 6. The summed E-state index contributed by atoms with van der Waals surface area (Å²) in [6, 6.07) is 4.03. The zero-order chi connectivity index (χ0) is 22.2. The van der Waals surface area contributed by atoms with E-state index in [0.717, 1.165) is 42.4 Å². The molecule has 1 aromatic carbocycles. The van der Waals surface area contributed by atoms with Crippen molar-refractivity contribution in [1.29, 1.82) is 0 Å². The number of hydrogen-bond acceptors (Lipinski definition) is 4. The first-order chi connectivity index (χ1) is 13.9. The Hall–Kier alpha value is -1.41. The lowest BCUT2D eigenvalue weighted by molar-refractivity contribution is -0.147. The maximum Gasteiger partial charge on any atom is 0.316 e. The average molecular weight is 425 g/mol. The molecule has 0 amide bonds. The standard InChI is InChI=1S/C24H38O3.H3OP/c1-6-8-10-11-12-13-15-27-24(26)21(14-9-7-2)23(25)22-19(4)16-18(3)17-20(22)5;1-2/h16-17,21H,6-15H2,1-5H3;2H3. The van der Waals surface area contributed by atoms with Crippen LogP contribution in [0.5, 0.6) is 0 Å². The third-order valence-electron chi connectivity index (χ3n) is 5.11. The highest BCUT2D eigenvalue weighted by Gasteiger charge is 2.30. The van der Waals surface area contributed by atoms with Crippen LogP contribution in [0.15, 0.2) is 12.1 Å². The number of ether oxygens (including phenoxy) is 1. The van der Waals surface area contributed by atoms with Crippen LogP contribution in [-0.2, 0) is 14.1 Å². The second-order valence-corrected chi connectivity index (χ2v) is 7.77. The van der Waals surface area contributed by atoms with Gasteiger partial charge in [-0.05, 0) is 44.7 Å². The van der Waals surface area contributed by atoms with Crippen molar-refractivity contribution >= 4 is 20.9 Å². The van der Waals surface area contributed by atoms with Crippen LogP contribution in [-0.4, -0.2) is 18.4 Å². The molecule has 29 heavy (non-hydrogen) atoms. The molecule has 0 bridgehead atoms. The monoisotopic (exact) mass is 424 g/mol. The number of esters is 1. The number of aryl methyl sites for hydroxylation is 3. The van der Waals surface area contributed by atoms with Crippen molar-refractivity contribution in [3.05, 3.63) is 34.4 Å². The molecule has 1 aromatic rings. The Morgan fingerprint density at radius 3 is 1.93 bits per heavy atom. The fourth-order valence-corrected chi connectivity index (χ4v) is 3.66. The normalized spacial score (nSPS) is 11.5. The van der Waals surface area contributed by atoms with Crippen LogP contribution >= 0.6 is 9.12 Å². The molecule has 0 aliphatic heterocycles. The van der Waals surface area contributed by atoms with E-state index in [1.54, 1.807) is 0 Å². The van der Waals surface area contributed by atoms with Crippen molar-refractivity contribution < 1.29 is 18.9 Å². The number of carbonyl (C=O) groups excluding carboxylic acids is 2. The number of rotatable bonds is 13. The minimum Gasteiger partial charge on any atom is -0.465 e. The topological polar surface area (TPSA) is 60.4 Å². The van der Waals surface area contributed by atoms with Gasteiger partial charge in [-0.1, -0.05) is 76.5 Å². The SMILES string of the molecule is CCCCCCCCOC(=O)C(CCCC)C(=O)c1c(C)cc(C)cc1C.O=[PH3]. The van der Waals surface area contributed by atoms with Gasteiger partial charge in [0, 0.05) is 5.56 Å². The van der Waals surface area contributed by atoms with E-state index in [2.05, 4.69) is 13.8 Å². The molecule has 0 N–H and O–H groups in total. The van der Waals surface area contributed by atoms with Crippen molar-refractivity contribution in [2.45, 2.75) is 92.4 Å². The van der Waals surface area contributed by atoms with E-state index in [1.807, 2.05) is 32.9 Å². The molecule has 4 nitrogen and oxygen atoms in total. The predicted molar refractivity (Wildman–Crippen MR) is 124 cm³/mol. The lowest BCUT2D eigenvalue weighted by Gasteiger charge is -2.18. The molecule has 0 fully saturated rings. The van der Waals surface area contributed by atoms with E-state index >= 15 is 0 Å². The lowest BCUT2D eigenvalue weighted by Crippen LogP contribution is -2.28.